The predicted octanol–water partition coefficient (Wildman–Crippen LogP) is 10.4. The molecule has 2 heteroatoms. The molecule has 0 radical (unpaired) electrons. The van der Waals surface area contributed by atoms with Gasteiger partial charge in [-0.1, -0.05) is 150 Å². The second kappa shape index (κ2) is 16.4. The van der Waals surface area contributed by atoms with Gasteiger partial charge in [0, 0.05) is 23.0 Å². The molecule has 0 aliphatic carbocycles. The van der Waals surface area contributed by atoms with E-state index in [9.17, 15) is 5.11 Å². The lowest BCUT2D eigenvalue weighted by molar-refractivity contribution is 0.456. The summed E-state index contributed by atoms with van der Waals surface area (Å²) in [6, 6.07) is 34.3. The zero-order chi connectivity index (χ0) is 27.9. The molecule has 4 aromatic rings. The molecule has 2 N–H and O–H groups in total. The number of para-hydroxylation sites is 1. The second-order valence-electron chi connectivity index (χ2n) is 10.6. The molecule has 0 aromatic heterocycles. The van der Waals surface area contributed by atoms with Crippen molar-refractivity contribution in [2.45, 2.75) is 84.0 Å². The van der Waals surface area contributed by atoms with Crippen molar-refractivity contribution in [1.82, 2.24) is 0 Å². The average Bonchev–Trinajstić information content (AvgIpc) is 2.98. The lowest BCUT2D eigenvalue weighted by atomic mass is 9.84. The topological polar surface area (TPSA) is 40.5 Å². The van der Waals surface area contributed by atoms with Gasteiger partial charge in [0.15, 0.2) is 0 Å². The SMILES string of the molecule is CCCCCCCCCc1cc(C(C)c2ccccc2)c(O)c(C(C)c2ccccc2)c1.Oc1ccccc1. The number of hydrogen-bond acceptors (Lipinski definition) is 2. The zero-order valence-electron chi connectivity index (χ0n) is 24.0. The fraction of sp³-hybridized carbons (Fsp3) is 0.351. The minimum Gasteiger partial charge on any atom is -0.508 e. The normalized spacial score (nSPS) is 12.3. The van der Waals surface area contributed by atoms with Crippen molar-refractivity contribution in [3.63, 3.8) is 0 Å². The summed E-state index contributed by atoms with van der Waals surface area (Å²) in [5.41, 5.74) is 5.94. The highest BCUT2D eigenvalue weighted by molar-refractivity contribution is 5.52. The van der Waals surface area contributed by atoms with Crippen LogP contribution in [0.2, 0.25) is 0 Å². The van der Waals surface area contributed by atoms with E-state index in [4.69, 9.17) is 5.11 Å². The number of unbranched alkanes of at least 4 members (excludes halogenated alkanes) is 6. The number of hydrogen-bond donors (Lipinski definition) is 2. The third-order valence-corrected chi connectivity index (χ3v) is 7.59. The highest BCUT2D eigenvalue weighted by atomic mass is 16.3. The molecule has 0 heterocycles. The Bertz CT molecular complexity index is 1140. The molecule has 2 unspecified atom stereocenters. The van der Waals surface area contributed by atoms with E-state index in [1.807, 2.05) is 6.07 Å². The molecule has 4 rings (SSSR count). The van der Waals surface area contributed by atoms with Crippen molar-refractivity contribution in [2.75, 3.05) is 0 Å². The largest absolute Gasteiger partial charge is 0.508 e. The summed E-state index contributed by atoms with van der Waals surface area (Å²) < 4.78 is 0. The molecular formula is C37H46O2. The summed E-state index contributed by atoms with van der Waals surface area (Å²) >= 11 is 0. The standard InChI is InChI=1S/C31H40O.C6H6O/c1-4-5-6-7-8-9-12-17-26-22-29(24(2)27-18-13-10-14-19-27)31(32)30(23-26)25(3)28-20-15-11-16-21-28;7-6-4-2-1-3-5-6/h10-11,13-16,18-25,32H,4-9,12,17H2,1-3H3;1-5,7H. The van der Waals surface area contributed by atoms with Gasteiger partial charge in [-0.15, -0.1) is 0 Å². The molecule has 0 saturated heterocycles. The van der Waals surface area contributed by atoms with Gasteiger partial charge in [-0.2, -0.15) is 0 Å². The van der Waals surface area contributed by atoms with E-state index < -0.39 is 0 Å². The van der Waals surface area contributed by atoms with Crippen LogP contribution in [-0.4, -0.2) is 10.2 Å². The number of benzene rings is 4. The summed E-state index contributed by atoms with van der Waals surface area (Å²) in [6.45, 7) is 6.69. The van der Waals surface area contributed by atoms with Gasteiger partial charge in [0.1, 0.15) is 11.5 Å². The van der Waals surface area contributed by atoms with Crippen LogP contribution in [-0.2, 0) is 6.42 Å². The van der Waals surface area contributed by atoms with Crippen LogP contribution in [0.15, 0.2) is 103 Å². The van der Waals surface area contributed by atoms with Crippen LogP contribution in [0.25, 0.3) is 0 Å². The maximum Gasteiger partial charge on any atom is 0.123 e. The first kappa shape index (κ1) is 30.0. The molecule has 0 amide bonds. The van der Waals surface area contributed by atoms with Crippen LogP contribution >= 0.6 is 0 Å². The quantitative estimate of drug-likeness (QED) is 0.182. The summed E-state index contributed by atoms with van der Waals surface area (Å²) in [5, 5.41) is 20.0. The maximum absolute atomic E-state index is 11.4. The molecule has 0 saturated carbocycles. The summed E-state index contributed by atoms with van der Waals surface area (Å²) in [4.78, 5) is 0. The third-order valence-electron chi connectivity index (χ3n) is 7.59. The first-order valence-electron chi connectivity index (χ1n) is 14.7. The van der Waals surface area contributed by atoms with Crippen molar-refractivity contribution in [1.29, 1.82) is 0 Å². The van der Waals surface area contributed by atoms with E-state index in [1.54, 1.807) is 24.3 Å². The lowest BCUT2D eigenvalue weighted by Gasteiger charge is -2.22. The Hall–Kier alpha value is -3.52. The van der Waals surface area contributed by atoms with Gasteiger partial charge in [-0.3, -0.25) is 0 Å². The Balaban J connectivity index is 0.000000520. The van der Waals surface area contributed by atoms with Crippen LogP contribution in [0.4, 0.5) is 0 Å². The van der Waals surface area contributed by atoms with Gasteiger partial charge >= 0.3 is 0 Å². The number of aryl methyl sites for hydroxylation is 1. The van der Waals surface area contributed by atoms with Crippen LogP contribution in [0.1, 0.15) is 105 Å². The minimum absolute atomic E-state index is 0.159. The molecule has 4 aromatic carbocycles. The van der Waals surface area contributed by atoms with Crippen molar-refractivity contribution >= 4 is 0 Å². The molecule has 39 heavy (non-hydrogen) atoms. The molecule has 0 bridgehead atoms. The minimum atomic E-state index is 0.159. The highest BCUT2D eigenvalue weighted by Crippen LogP contribution is 2.40. The van der Waals surface area contributed by atoms with Crippen LogP contribution in [0.5, 0.6) is 11.5 Å². The van der Waals surface area contributed by atoms with Gasteiger partial charge in [-0.25, -0.2) is 0 Å². The smallest absolute Gasteiger partial charge is 0.123 e. The molecule has 206 valence electrons. The molecule has 2 atom stereocenters. The number of aromatic hydroxyl groups is 2. The summed E-state index contributed by atoms with van der Waals surface area (Å²) in [7, 11) is 0. The Labute approximate surface area is 236 Å². The van der Waals surface area contributed by atoms with Crippen molar-refractivity contribution in [3.8, 4) is 11.5 Å². The predicted molar refractivity (Wildman–Crippen MR) is 166 cm³/mol. The van der Waals surface area contributed by atoms with Gasteiger partial charge in [-0.05, 0) is 41.7 Å². The van der Waals surface area contributed by atoms with Crippen molar-refractivity contribution < 1.29 is 10.2 Å². The number of rotatable bonds is 12. The third kappa shape index (κ3) is 9.62. The summed E-state index contributed by atoms with van der Waals surface area (Å²) in [5.74, 6) is 1.10. The Morgan fingerprint density at radius 2 is 0.949 bits per heavy atom. The lowest BCUT2D eigenvalue weighted by Crippen LogP contribution is -2.04. The van der Waals surface area contributed by atoms with E-state index in [-0.39, 0.29) is 11.8 Å². The average molecular weight is 523 g/mol. The van der Waals surface area contributed by atoms with E-state index in [2.05, 4.69) is 93.6 Å². The van der Waals surface area contributed by atoms with Gasteiger partial charge in [0.2, 0.25) is 0 Å². The monoisotopic (exact) mass is 522 g/mol. The first-order chi connectivity index (χ1) is 19.0. The van der Waals surface area contributed by atoms with Crippen LogP contribution in [0.3, 0.4) is 0 Å². The molecule has 0 aliphatic rings. The van der Waals surface area contributed by atoms with E-state index in [0.717, 1.165) is 17.5 Å². The van der Waals surface area contributed by atoms with E-state index in [1.165, 1.54) is 61.6 Å². The molecule has 0 spiro atoms. The Kier molecular flexibility index (Phi) is 12.7. The number of phenols is 2. The number of phenolic OH excluding ortho intramolecular Hbond substituents is 2. The fourth-order valence-corrected chi connectivity index (χ4v) is 5.11. The van der Waals surface area contributed by atoms with Gasteiger partial charge in [0.05, 0.1) is 0 Å². The van der Waals surface area contributed by atoms with Crippen molar-refractivity contribution in [2.24, 2.45) is 0 Å². The molecular weight excluding hydrogens is 476 g/mol. The highest BCUT2D eigenvalue weighted by Gasteiger charge is 2.21. The van der Waals surface area contributed by atoms with Gasteiger partial charge < -0.3 is 10.2 Å². The Morgan fingerprint density at radius 3 is 1.36 bits per heavy atom. The van der Waals surface area contributed by atoms with Gasteiger partial charge in [0.25, 0.3) is 0 Å². The van der Waals surface area contributed by atoms with Crippen LogP contribution in [0, 0.1) is 0 Å². The van der Waals surface area contributed by atoms with Crippen LogP contribution < -0.4 is 0 Å². The molecule has 0 aliphatic heterocycles. The van der Waals surface area contributed by atoms with E-state index >= 15 is 0 Å². The molecule has 2 nitrogen and oxygen atoms in total. The molecule has 0 fully saturated rings. The fourth-order valence-electron chi connectivity index (χ4n) is 5.11. The van der Waals surface area contributed by atoms with E-state index in [0.29, 0.717) is 11.5 Å². The Morgan fingerprint density at radius 1 is 0.538 bits per heavy atom. The second-order valence-corrected chi connectivity index (χ2v) is 10.6. The first-order valence-corrected chi connectivity index (χ1v) is 14.7. The maximum atomic E-state index is 11.4. The summed E-state index contributed by atoms with van der Waals surface area (Å²) in [6.07, 6.45) is 10.3. The van der Waals surface area contributed by atoms with Crippen molar-refractivity contribution in [3.05, 3.63) is 131 Å². The zero-order valence-corrected chi connectivity index (χ0v) is 24.0.